The molecule has 0 amide bonds. The third kappa shape index (κ3) is 4.02. The Balaban J connectivity index is 1.58. The number of rotatable bonds is 10. The molecule has 146 valence electrons. The molecule has 1 aromatic rings. The summed E-state index contributed by atoms with van der Waals surface area (Å²) in [6.07, 6.45) is 17.7. The molecule has 0 aromatic carbocycles. The highest BCUT2D eigenvalue weighted by atomic mass is 19.2. The summed E-state index contributed by atoms with van der Waals surface area (Å²) in [6, 6.07) is 1.85. The number of fused-ring (bicyclic) bond motifs is 2. The molecular weight excluding hydrogens is 341 g/mol. The highest BCUT2D eigenvalue weighted by Gasteiger charge is 2.52. The second kappa shape index (κ2) is 8.41. The van der Waals surface area contributed by atoms with Crippen molar-refractivity contribution in [2.75, 3.05) is 0 Å². The number of aryl methyl sites for hydroxylation is 2. The number of unbranched alkanes of at least 4 members (excludes halogenated alkanes) is 7. The SMILES string of the molecule is C=CCCCCCCCCCC1=[N+]2C(=Cc3c(C)cc(C)n3[B-]2(F)F)C=C1. The van der Waals surface area contributed by atoms with Gasteiger partial charge >= 0.3 is 6.97 Å². The Hall–Kier alpha value is -1.91. The van der Waals surface area contributed by atoms with E-state index in [2.05, 4.69) is 6.58 Å². The molecule has 0 atom stereocenters. The first-order chi connectivity index (χ1) is 13.0. The second-order valence-electron chi connectivity index (χ2n) is 7.88. The highest BCUT2D eigenvalue weighted by molar-refractivity contribution is 6.58. The van der Waals surface area contributed by atoms with Gasteiger partial charge in [0.1, 0.15) is 5.71 Å². The summed E-state index contributed by atoms with van der Waals surface area (Å²) >= 11 is 0. The monoisotopic (exact) mass is 372 g/mol. The van der Waals surface area contributed by atoms with E-state index >= 15 is 8.63 Å². The van der Waals surface area contributed by atoms with Gasteiger partial charge in [-0.1, -0.05) is 38.2 Å². The van der Waals surface area contributed by atoms with Crippen LogP contribution in [0.25, 0.3) is 6.08 Å². The molecule has 0 bridgehead atoms. The number of halogens is 2. The molecule has 0 saturated carbocycles. The van der Waals surface area contributed by atoms with Gasteiger partial charge in [0.15, 0.2) is 5.70 Å². The van der Waals surface area contributed by atoms with Gasteiger partial charge in [-0.3, -0.25) is 0 Å². The zero-order chi connectivity index (χ0) is 19.4. The van der Waals surface area contributed by atoms with E-state index in [9.17, 15) is 0 Å². The minimum absolute atomic E-state index is 0.630. The van der Waals surface area contributed by atoms with E-state index in [-0.39, 0.29) is 0 Å². The van der Waals surface area contributed by atoms with Gasteiger partial charge in [-0.25, -0.2) is 0 Å². The maximum Gasteiger partial charge on any atom is 0.737 e. The highest BCUT2D eigenvalue weighted by Crippen LogP contribution is 2.34. The van der Waals surface area contributed by atoms with Gasteiger partial charge in [0.2, 0.25) is 0 Å². The Labute approximate surface area is 162 Å². The van der Waals surface area contributed by atoms with Gasteiger partial charge in [-0.2, -0.15) is 0 Å². The Kier molecular flexibility index (Phi) is 6.18. The summed E-state index contributed by atoms with van der Waals surface area (Å²) < 4.78 is 33.1. The molecule has 0 spiro atoms. The van der Waals surface area contributed by atoms with Crippen LogP contribution in [0.2, 0.25) is 0 Å². The Bertz CT molecular complexity index is 799. The molecule has 27 heavy (non-hydrogen) atoms. The molecule has 5 heteroatoms. The third-order valence-electron chi connectivity index (χ3n) is 5.75. The lowest BCUT2D eigenvalue weighted by Crippen LogP contribution is -2.50. The summed E-state index contributed by atoms with van der Waals surface area (Å²) in [7, 11) is 0. The molecule has 0 fully saturated rings. The minimum Gasteiger partial charge on any atom is -0.394 e. The fourth-order valence-electron chi connectivity index (χ4n) is 4.38. The number of aromatic nitrogens is 1. The molecule has 3 heterocycles. The van der Waals surface area contributed by atoms with Gasteiger partial charge in [0, 0.05) is 30.3 Å². The van der Waals surface area contributed by atoms with Gasteiger partial charge in [-0.05, 0) is 50.4 Å². The van der Waals surface area contributed by atoms with E-state index in [1.54, 1.807) is 6.92 Å². The van der Waals surface area contributed by atoms with Gasteiger partial charge in [-0.15, -0.1) is 6.58 Å². The van der Waals surface area contributed by atoms with Crippen LogP contribution in [-0.4, -0.2) is 21.6 Å². The smallest absolute Gasteiger partial charge is 0.394 e. The van der Waals surface area contributed by atoms with E-state index in [0.717, 1.165) is 37.0 Å². The summed E-state index contributed by atoms with van der Waals surface area (Å²) in [6.45, 7) is 3.60. The van der Waals surface area contributed by atoms with E-state index in [1.807, 2.05) is 37.3 Å². The fraction of sp³-hybridized carbons (Fsp3) is 0.500. The first-order valence-electron chi connectivity index (χ1n) is 10.3. The fourth-order valence-corrected chi connectivity index (χ4v) is 4.38. The molecule has 2 aliphatic heterocycles. The normalized spacial score (nSPS) is 17.1. The van der Waals surface area contributed by atoms with Crippen LogP contribution < -0.4 is 0 Å². The number of nitrogens with zero attached hydrogens (tertiary/aromatic N) is 2. The van der Waals surface area contributed by atoms with Crippen molar-refractivity contribution in [1.29, 1.82) is 0 Å². The third-order valence-corrected chi connectivity index (χ3v) is 5.75. The predicted octanol–water partition coefficient (Wildman–Crippen LogP) is 6.40. The van der Waals surface area contributed by atoms with Crippen molar-refractivity contribution in [1.82, 2.24) is 4.48 Å². The van der Waals surface area contributed by atoms with Crippen molar-refractivity contribution in [3.05, 3.63) is 53.5 Å². The van der Waals surface area contributed by atoms with Crippen LogP contribution in [0, 0.1) is 13.8 Å². The summed E-state index contributed by atoms with van der Waals surface area (Å²) in [4.78, 5) is 0. The van der Waals surface area contributed by atoms with Crippen LogP contribution in [0.15, 0.2) is 36.6 Å². The average molecular weight is 372 g/mol. The molecule has 2 nitrogen and oxygen atoms in total. The topological polar surface area (TPSA) is 7.94 Å². The molecule has 3 rings (SSSR count). The molecule has 0 unspecified atom stereocenters. The maximum absolute atomic E-state index is 15.3. The standard InChI is InChI=1S/C22H31BF2N2/c1-4-5-6-7-8-9-10-11-12-13-20-14-15-21-17-22-18(2)16-19(3)26(22)23(24,25)27(20)21/h4,14-17H,1,5-13H2,2-3H3. The van der Waals surface area contributed by atoms with Crippen molar-refractivity contribution in [2.24, 2.45) is 0 Å². The number of allylic oxidation sites excluding steroid dienone is 3. The molecular formula is C22H31BF2N2. The van der Waals surface area contributed by atoms with E-state index in [0.29, 0.717) is 17.1 Å². The van der Waals surface area contributed by atoms with Crippen LogP contribution in [0.1, 0.15) is 74.7 Å². The quantitative estimate of drug-likeness (QED) is 0.255. The van der Waals surface area contributed by atoms with Crippen LogP contribution >= 0.6 is 0 Å². The number of hydrogen-bond acceptors (Lipinski definition) is 0. The lowest BCUT2D eigenvalue weighted by atomic mass is 9.90. The Morgan fingerprint density at radius 3 is 2.41 bits per heavy atom. The largest absolute Gasteiger partial charge is 0.737 e. The van der Waals surface area contributed by atoms with Crippen molar-refractivity contribution < 1.29 is 13.1 Å². The van der Waals surface area contributed by atoms with Crippen molar-refractivity contribution in [3.63, 3.8) is 0 Å². The first-order valence-corrected chi connectivity index (χ1v) is 10.3. The molecule has 2 aliphatic rings. The van der Waals surface area contributed by atoms with Crippen LogP contribution in [0.4, 0.5) is 8.63 Å². The van der Waals surface area contributed by atoms with E-state index in [4.69, 9.17) is 0 Å². The second-order valence-corrected chi connectivity index (χ2v) is 7.88. The van der Waals surface area contributed by atoms with E-state index < -0.39 is 6.97 Å². The Morgan fingerprint density at radius 1 is 1.04 bits per heavy atom. The zero-order valence-electron chi connectivity index (χ0n) is 16.7. The van der Waals surface area contributed by atoms with E-state index in [1.165, 1.54) is 41.1 Å². The van der Waals surface area contributed by atoms with Gasteiger partial charge in [0.25, 0.3) is 0 Å². The molecule has 0 aliphatic carbocycles. The lowest BCUT2D eigenvalue weighted by molar-refractivity contribution is -0.362. The first kappa shape index (κ1) is 19.8. The zero-order valence-corrected chi connectivity index (χ0v) is 16.7. The van der Waals surface area contributed by atoms with Crippen LogP contribution in [-0.2, 0) is 0 Å². The molecule has 0 N–H and O–H groups in total. The summed E-state index contributed by atoms with van der Waals surface area (Å²) in [5, 5.41) is 0. The van der Waals surface area contributed by atoms with Crippen molar-refractivity contribution in [3.8, 4) is 0 Å². The Morgan fingerprint density at radius 2 is 1.70 bits per heavy atom. The molecule has 0 radical (unpaired) electrons. The predicted molar refractivity (Wildman–Crippen MR) is 111 cm³/mol. The van der Waals surface area contributed by atoms with Gasteiger partial charge in [0.05, 0.1) is 0 Å². The van der Waals surface area contributed by atoms with Gasteiger partial charge < -0.3 is 17.6 Å². The van der Waals surface area contributed by atoms with Crippen LogP contribution in [0.3, 0.4) is 0 Å². The summed E-state index contributed by atoms with van der Waals surface area (Å²) in [5.41, 5.74) is 3.58. The number of hydrogen-bond donors (Lipinski definition) is 0. The maximum atomic E-state index is 15.3. The van der Waals surface area contributed by atoms with Crippen molar-refractivity contribution >= 4 is 18.8 Å². The molecule has 1 aromatic heterocycles. The molecule has 0 saturated heterocycles. The summed E-state index contributed by atoms with van der Waals surface area (Å²) in [5.74, 6) is 0. The average Bonchev–Trinajstić information content (AvgIpc) is 3.15. The lowest BCUT2D eigenvalue weighted by Gasteiger charge is -2.30. The van der Waals surface area contributed by atoms with Crippen molar-refractivity contribution in [2.45, 2.75) is 71.6 Å². The van der Waals surface area contributed by atoms with Crippen LogP contribution in [0.5, 0.6) is 0 Å². The minimum atomic E-state index is -3.81.